The number of rotatable bonds is 5. The molecule has 1 amide bonds. The van der Waals surface area contributed by atoms with E-state index in [1.807, 2.05) is 36.1 Å². The molecule has 1 N–H and O–H groups in total. The van der Waals surface area contributed by atoms with Crippen molar-refractivity contribution >= 4 is 44.3 Å². The fraction of sp³-hybridized carbons (Fsp3) is 0.471. The number of para-hydroxylation sites is 1. The smallest absolute Gasteiger partial charge is 0.303 e. The number of carboxylic acid groups (broad SMARTS) is 1. The minimum atomic E-state index is -3.10. The van der Waals surface area contributed by atoms with E-state index in [2.05, 4.69) is 4.99 Å². The minimum absolute atomic E-state index is 0.0469. The zero-order chi connectivity index (χ0) is 18.9. The molecule has 2 saturated heterocycles. The SMILES string of the molecule is Cc1ccccc1N1C(=NC(=O)CCCC(=O)O)SC2CS(=O)(=O)CC21. The number of thioether (sulfide) groups is 1. The van der Waals surface area contributed by atoms with Crippen LogP contribution in [-0.2, 0) is 19.4 Å². The molecule has 0 spiro atoms. The van der Waals surface area contributed by atoms with Crippen molar-refractivity contribution in [3.63, 3.8) is 0 Å². The highest BCUT2D eigenvalue weighted by Gasteiger charge is 2.49. The summed E-state index contributed by atoms with van der Waals surface area (Å²) in [6.07, 6.45) is 0.224. The fourth-order valence-corrected chi connectivity index (χ4v) is 7.16. The highest BCUT2D eigenvalue weighted by molar-refractivity contribution is 8.16. The summed E-state index contributed by atoms with van der Waals surface area (Å²) in [5, 5.41) is 9.03. The van der Waals surface area contributed by atoms with E-state index in [1.54, 1.807) is 0 Å². The van der Waals surface area contributed by atoms with Crippen LogP contribution in [0.25, 0.3) is 0 Å². The van der Waals surface area contributed by atoms with Gasteiger partial charge in [0.25, 0.3) is 0 Å². The van der Waals surface area contributed by atoms with Crippen LogP contribution in [0.3, 0.4) is 0 Å². The molecule has 2 heterocycles. The molecule has 0 aliphatic carbocycles. The Morgan fingerprint density at radius 3 is 2.69 bits per heavy atom. The first-order valence-corrected chi connectivity index (χ1v) is 11.0. The molecule has 2 aliphatic rings. The van der Waals surface area contributed by atoms with Crippen LogP contribution in [0, 0.1) is 6.92 Å². The topological polar surface area (TPSA) is 104 Å². The van der Waals surface area contributed by atoms with Gasteiger partial charge >= 0.3 is 5.97 Å². The van der Waals surface area contributed by atoms with Gasteiger partial charge in [-0.15, -0.1) is 0 Å². The van der Waals surface area contributed by atoms with Crippen molar-refractivity contribution in [2.75, 3.05) is 16.4 Å². The Morgan fingerprint density at radius 1 is 1.27 bits per heavy atom. The normalized spacial score (nSPS) is 25.4. The van der Waals surface area contributed by atoms with Crippen LogP contribution in [-0.4, -0.2) is 53.4 Å². The first-order chi connectivity index (χ1) is 12.3. The van der Waals surface area contributed by atoms with Gasteiger partial charge in [0.15, 0.2) is 15.0 Å². The molecule has 2 aliphatic heterocycles. The number of aryl methyl sites for hydroxylation is 1. The maximum Gasteiger partial charge on any atom is 0.303 e. The Hall–Kier alpha value is -1.87. The van der Waals surface area contributed by atoms with Gasteiger partial charge in [0.2, 0.25) is 5.91 Å². The van der Waals surface area contributed by atoms with Crippen LogP contribution < -0.4 is 4.90 Å². The van der Waals surface area contributed by atoms with Gasteiger partial charge in [0, 0.05) is 23.8 Å². The summed E-state index contributed by atoms with van der Waals surface area (Å²) in [5.41, 5.74) is 1.82. The third-order valence-electron chi connectivity index (χ3n) is 4.44. The molecule has 140 valence electrons. The average Bonchev–Trinajstić information content (AvgIpc) is 2.98. The number of carbonyl (C=O) groups is 2. The number of amidine groups is 1. The minimum Gasteiger partial charge on any atom is -0.481 e. The Bertz CT molecular complexity index is 866. The van der Waals surface area contributed by atoms with Crippen molar-refractivity contribution in [1.29, 1.82) is 0 Å². The average molecular weight is 396 g/mol. The number of fused-ring (bicyclic) bond motifs is 1. The second-order valence-corrected chi connectivity index (χ2v) is 9.85. The van der Waals surface area contributed by atoms with E-state index < -0.39 is 15.8 Å². The summed E-state index contributed by atoms with van der Waals surface area (Å²) in [7, 11) is -3.10. The maximum absolute atomic E-state index is 12.2. The number of anilines is 1. The molecule has 26 heavy (non-hydrogen) atoms. The van der Waals surface area contributed by atoms with Crippen molar-refractivity contribution in [3.05, 3.63) is 29.8 Å². The molecule has 0 aromatic heterocycles. The predicted octanol–water partition coefficient (Wildman–Crippen LogP) is 1.85. The lowest BCUT2D eigenvalue weighted by atomic mass is 10.1. The number of carbonyl (C=O) groups excluding carboxylic acids is 1. The molecule has 0 bridgehead atoms. The van der Waals surface area contributed by atoms with Crippen molar-refractivity contribution in [2.45, 2.75) is 37.5 Å². The van der Waals surface area contributed by atoms with Gasteiger partial charge in [-0.1, -0.05) is 30.0 Å². The van der Waals surface area contributed by atoms with Crippen molar-refractivity contribution in [2.24, 2.45) is 4.99 Å². The highest BCUT2D eigenvalue weighted by atomic mass is 32.2. The largest absolute Gasteiger partial charge is 0.481 e. The molecular weight excluding hydrogens is 376 g/mol. The summed E-state index contributed by atoms with van der Waals surface area (Å²) in [6.45, 7) is 1.93. The van der Waals surface area contributed by atoms with Gasteiger partial charge in [-0.2, -0.15) is 4.99 Å². The monoisotopic (exact) mass is 396 g/mol. The molecule has 9 heteroatoms. The van der Waals surface area contributed by atoms with Crippen molar-refractivity contribution < 1.29 is 23.1 Å². The first-order valence-electron chi connectivity index (χ1n) is 8.32. The molecule has 7 nitrogen and oxygen atoms in total. The highest BCUT2D eigenvalue weighted by Crippen LogP contribution is 2.41. The number of nitrogens with zero attached hydrogens (tertiary/aromatic N) is 2. The molecule has 2 unspecified atom stereocenters. The molecular formula is C17H20N2O5S2. The maximum atomic E-state index is 12.2. The first kappa shape index (κ1) is 18.9. The summed E-state index contributed by atoms with van der Waals surface area (Å²) < 4.78 is 24.1. The van der Waals surface area contributed by atoms with Gasteiger partial charge in [-0.3, -0.25) is 9.59 Å². The van der Waals surface area contributed by atoms with Gasteiger partial charge in [-0.05, 0) is 25.0 Å². The van der Waals surface area contributed by atoms with Gasteiger partial charge in [-0.25, -0.2) is 8.42 Å². The van der Waals surface area contributed by atoms with E-state index in [0.29, 0.717) is 5.17 Å². The Balaban J connectivity index is 1.87. The van der Waals surface area contributed by atoms with E-state index in [0.717, 1.165) is 11.3 Å². The molecule has 0 saturated carbocycles. The number of sulfone groups is 1. The lowest BCUT2D eigenvalue weighted by molar-refractivity contribution is -0.137. The fourth-order valence-electron chi connectivity index (χ4n) is 3.23. The molecule has 2 fully saturated rings. The summed E-state index contributed by atoms with van der Waals surface area (Å²) in [6, 6.07) is 7.36. The zero-order valence-corrected chi connectivity index (χ0v) is 15.9. The number of hydrogen-bond donors (Lipinski definition) is 1. The van der Waals surface area contributed by atoms with Gasteiger partial charge in [0.05, 0.1) is 17.5 Å². The molecule has 3 rings (SSSR count). The molecule has 2 atom stereocenters. The molecule has 0 radical (unpaired) electrons. The second kappa shape index (κ2) is 7.40. The van der Waals surface area contributed by atoms with Crippen LogP contribution in [0.1, 0.15) is 24.8 Å². The number of amides is 1. The summed E-state index contributed by atoms with van der Waals surface area (Å²) >= 11 is 1.32. The van der Waals surface area contributed by atoms with E-state index in [9.17, 15) is 18.0 Å². The van der Waals surface area contributed by atoms with E-state index in [1.165, 1.54) is 11.8 Å². The number of hydrogen-bond acceptors (Lipinski definition) is 5. The summed E-state index contributed by atoms with van der Waals surface area (Å²) in [5.74, 6) is -1.19. The third-order valence-corrected chi connectivity index (χ3v) is 7.65. The van der Waals surface area contributed by atoms with Crippen LogP contribution in [0.4, 0.5) is 5.69 Å². The van der Waals surface area contributed by atoms with Crippen molar-refractivity contribution in [3.8, 4) is 0 Å². The number of benzene rings is 1. The number of carboxylic acids is 1. The van der Waals surface area contributed by atoms with Crippen molar-refractivity contribution in [1.82, 2.24) is 0 Å². The molecule has 1 aromatic carbocycles. The van der Waals surface area contributed by atoms with Crippen LogP contribution in [0.2, 0.25) is 0 Å². The molecule has 1 aromatic rings. The predicted molar refractivity (Wildman–Crippen MR) is 101 cm³/mol. The van der Waals surface area contributed by atoms with Crippen LogP contribution in [0.5, 0.6) is 0 Å². The van der Waals surface area contributed by atoms with E-state index >= 15 is 0 Å². The van der Waals surface area contributed by atoms with Gasteiger partial charge < -0.3 is 10.0 Å². The van der Waals surface area contributed by atoms with E-state index in [4.69, 9.17) is 5.11 Å². The lowest BCUT2D eigenvalue weighted by Gasteiger charge is -2.26. The Labute approximate surface area is 156 Å². The summed E-state index contributed by atoms with van der Waals surface area (Å²) in [4.78, 5) is 28.8. The quantitative estimate of drug-likeness (QED) is 0.810. The second-order valence-electron chi connectivity index (χ2n) is 6.49. The van der Waals surface area contributed by atoms with Gasteiger partial charge in [0.1, 0.15) is 0 Å². The van der Waals surface area contributed by atoms with Crippen LogP contribution >= 0.6 is 11.8 Å². The van der Waals surface area contributed by atoms with Crippen LogP contribution in [0.15, 0.2) is 29.3 Å². The Kier molecular flexibility index (Phi) is 5.38. The Morgan fingerprint density at radius 2 is 2.00 bits per heavy atom. The number of aliphatic carboxylic acids is 1. The van der Waals surface area contributed by atoms with E-state index in [-0.39, 0.29) is 48.0 Å². The standard InChI is InChI=1S/C17H20N2O5S2/c1-11-5-2-3-6-12(11)19-13-9-26(23,24)10-14(13)25-17(19)18-15(20)7-4-8-16(21)22/h2-3,5-6,13-14H,4,7-10H2,1H3,(H,21,22). The third kappa shape index (κ3) is 4.09. The number of aliphatic imine (C=N–C) groups is 1. The zero-order valence-electron chi connectivity index (χ0n) is 14.3. The lowest BCUT2D eigenvalue weighted by Crippen LogP contribution is -2.38.